The molecule has 0 spiro atoms. The van der Waals surface area contributed by atoms with Gasteiger partial charge in [0.25, 0.3) is 5.91 Å². The lowest BCUT2D eigenvalue weighted by Crippen LogP contribution is -2.19. The number of thiazole rings is 1. The van der Waals surface area contributed by atoms with Gasteiger partial charge >= 0.3 is 0 Å². The van der Waals surface area contributed by atoms with Crippen molar-refractivity contribution in [1.29, 1.82) is 0 Å². The second-order valence-corrected chi connectivity index (χ2v) is 7.27. The molecule has 0 aliphatic rings. The first-order valence-electron chi connectivity index (χ1n) is 7.94. The van der Waals surface area contributed by atoms with E-state index in [1.165, 1.54) is 16.9 Å². The summed E-state index contributed by atoms with van der Waals surface area (Å²) < 4.78 is 8.39. The zero-order chi connectivity index (χ0) is 18.0. The van der Waals surface area contributed by atoms with Gasteiger partial charge in [0.2, 0.25) is 0 Å². The largest absolute Gasteiger partial charge is 0.383 e. The molecule has 0 fully saturated rings. The maximum Gasteiger partial charge on any atom is 0.281 e. The molecule has 4 nitrogen and oxygen atoms in total. The number of ether oxygens (including phenoxy) is 1. The Balaban J connectivity index is 2.19. The predicted molar refractivity (Wildman–Crippen MR) is 103 cm³/mol. The highest BCUT2D eigenvalue weighted by Gasteiger charge is 2.13. The molecule has 0 saturated carbocycles. The number of aromatic nitrogens is 1. The minimum absolute atomic E-state index is 0.335. The molecule has 0 unspecified atom stereocenters. The molecule has 0 atom stereocenters. The van der Waals surface area contributed by atoms with Crippen LogP contribution in [-0.2, 0) is 11.3 Å². The van der Waals surface area contributed by atoms with Crippen LogP contribution >= 0.6 is 22.9 Å². The number of amides is 1. The minimum Gasteiger partial charge on any atom is -0.383 e. The van der Waals surface area contributed by atoms with Crippen LogP contribution in [0, 0.1) is 13.8 Å². The van der Waals surface area contributed by atoms with Gasteiger partial charge in [0.05, 0.1) is 27.4 Å². The van der Waals surface area contributed by atoms with Gasteiger partial charge in [0.15, 0.2) is 4.80 Å². The molecule has 0 aliphatic heterocycles. The first-order chi connectivity index (χ1) is 12.0. The lowest BCUT2D eigenvalue weighted by Gasteiger charge is -2.07. The summed E-state index contributed by atoms with van der Waals surface area (Å²) in [6.45, 7) is 5.32. The second-order valence-electron chi connectivity index (χ2n) is 5.85. The Kier molecular flexibility index (Phi) is 5.37. The molecule has 25 heavy (non-hydrogen) atoms. The number of carbonyl (C=O) groups is 1. The first kappa shape index (κ1) is 17.9. The lowest BCUT2D eigenvalue weighted by molar-refractivity contribution is 0.0997. The van der Waals surface area contributed by atoms with Gasteiger partial charge in [-0.2, -0.15) is 4.99 Å². The van der Waals surface area contributed by atoms with Crippen LogP contribution in [0.4, 0.5) is 0 Å². The van der Waals surface area contributed by atoms with Gasteiger partial charge in [0.1, 0.15) is 0 Å². The number of fused-ring (bicyclic) bond motifs is 1. The van der Waals surface area contributed by atoms with Crippen molar-refractivity contribution in [2.24, 2.45) is 4.99 Å². The average molecular weight is 375 g/mol. The highest BCUT2D eigenvalue weighted by Crippen LogP contribution is 2.23. The van der Waals surface area contributed by atoms with E-state index in [2.05, 4.69) is 31.0 Å². The average Bonchev–Trinajstić information content (AvgIpc) is 2.90. The molecule has 3 rings (SSSR count). The summed E-state index contributed by atoms with van der Waals surface area (Å²) in [5.41, 5.74) is 3.86. The Bertz CT molecular complexity index is 1000. The first-order valence-corrected chi connectivity index (χ1v) is 9.14. The van der Waals surface area contributed by atoms with Gasteiger partial charge in [-0.1, -0.05) is 41.1 Å². The smallest absolute Gasteiger partial charge is 0.281 e. The number of rotatable bonds is 4. The molecule has 6 heteroatoms. The van der Waals surface area contributed by atoms with Crippen LogP contribution in [0.1, 0.15) is 21.5 Å². The highest BCUT2D eigenvalue weighted by molar-refractivity contribution is 7.16. The summed E-state index contributed by atoms with van der Waals surface area (Å²) in [5.74, 6) is -0.335. The molecular formula is C19H19ClN2O2S. The topological polar surface area (TPSA) is 43.6 Å². The fourth-order valence-corrected chi connectivity index (χ4v) is 4.30. The Hall–Kier alpha value is -1.95. The van der Waals surface area contributed by atoms with Crippen molar-refractivity contribution in [3.8, 4) is 0 Å². The molecule has 0 aliphatic carbocycles. The van der Waals surface area contributed by atoms with Crippen molar-refractivity contribution in [1.82, 2.24) is 4.57 Å². The van der Waals surface area contributed by atoms with E-state index in [9.17, 15) is 4.79 Å². The fourth-order valence-electron chi connectivity index (χ4n) is 2.85. The number of halogens is 1. The summed E-state index contributed by atoms with van der Waals surface area (Å²) in [4.78, 5) is 17.6. The minimum atomic E-state index is -0.335. The molecule has 0 saturated heterocycles. The predicted octanol–water partition coefficient (Wildman–Crippen LogP) is 4.36. The van der Waals surface area contributed by atoms with Gasteiger partial charge in [-0.25, -0.2) is 0 Å². The van der Waals surface area contributed by atoms with Crippen LogP contribution in [0.3, 0.4) is 0 Å². The maximum atomic E-state index is 12.6. The molecular weight excluding hydrogens is 356 g/mol. The van der Waals surface area contributed by atoms with E-state index >= 15 is 0 Å². The van der Waals surface area contributed by atoms with Gasteiger partial charge in [-0.15, -0.1) is 0 Å². The van der Waals surface area contributed by atoms with E-state index < -0.39 is 0 Å². The van der Waals surface area contributed by atoms with Gasteiger partial charge < -0.3 is 9.30 Å². The van der Waals surface area contributed by atoms with Crippen LogP contribution < -0.4 is 4.80 Å². The lowest BCUT2D eigenvalue weighted by atomic mass is 10.1. The zero-order valence-electron chi connectivity index (χ0n) is 14.4. The molecule has 130 valence electrons. The van der Waals surface area contributed by atoms with Gasteiger partial charge in [-0.3, -0.25) is 4.79 Å². The summed E-state index contributed by atoms with van der Waals surface area (Å²) in [6.07, 6.45) is 0. The number of hydrogen-bond acceptors (Lipinski definition) is 3. The summed E-state index contributed by atoms with van der Waals surface area (Å²) in [7, 11) is 1.66. The molecule has 0 N–H and O–H groups in total. The third-order valence-corrected chi connectivity index (χ3v) is 5.29. The second kappa shape index (κ2) is 7.52. The molecule has 1 aromatic heterocycles. The van der Waals surface area contributed by atoms with Crippen LogP contribution in [0.2, 0.25) is 5.02 Å². The molecule has 1 heterocycles. The quantitative estimate of drug-likeness (QED) is 0.681. The Morgan fingerprint density at radius 1 is 1.28 bits per heavy atom. The van der Waals surface area contributed by atoms with E-state index in [-0.39, 0.29) is 5.91 Å². The van der Waals surface area contributed by atoms with E-state index in [0.29, 0.717) is 28.5 Å². The van der Waals surface area contributed by atoms with Crippen molar-refractivity contribution in [2.45, 2.75) is 20.4 Å². The van der Waals surface area contributed by atoms with Crippen molar-refractivity contribution in [3.05, 3.63) is 62.9 Å². The highest BCUT2D eigenvalue weighted by atomic mass is 35.5. The van der Waals surface area contributed by atoms with Crippen molar-refractivity contribution in [3.63, 3.8) is 0 Å². The number of methoxy groups -OCH3 is 1. The molecule has 0 bridgehead atoms. The van der Waals surface area contributed by atoms with Gasteiger partial charge in [-0.05, 0) is 43.2 Å². The Morgan fingerprint density at radius 2 is 2.04 bits per heavy atom. The monoisotopic (exact) mass is 374 g/mol. The third kappa shape index (κ3) is 3.68. The van der Waals surface area contributed by atoms with Crippen molar-refractivity contribution in [2.75, 3.05) is 13.7 Å². The van der Waals surface area contributed by atoms with E-state index in [4.69, 9.17) is 16.3 Å². The normalized spacial score (nSPS) is 12.1. The van der Waals surface area contributed by atoms with E-state index in [1.807, 2.05) is 4.57 Å². The van der Waals surface area contributed by atoms with Crippen LogP contribution in [0.15, 0.2) is 41.4 Å². The zero-order valence-corrected chi connectivity index (χ0v) is 15.9. The molecule has 0 radical (unpaired) electrons. The number of nitrogens with zero attached hydrogens (tertiary/aromatic N) is 2. The summed E-state index contributed by atoms with van der Waals surface area (Å²) in [6, 6.07) is 11.2. The number of hydrogen-bond donors (Lipinski definition) is 0. The summed E-state index contributed by atoms with van der Waals surface area (Å²) in [5, 5.41) is 0.410. The molecule has 2 aromatic carbocycles. The van der Waals surface area contributed by atoms with E-state index in [1.54, 1.807) is 31.4 Å². The number of carbonyl (C=O) groups excluding carboxylic acids is 1. The van der Waals surface area contributed by atoms with Crippen LogP contribution in [0.25, 0.3) is 10.2 Å². The molecule has 3 aromatic rings. The van der Waals surface area contributed by atoms with Crippen molar-refractivity contribution >= 4 is 39.1 Å². The fraction of sp³-hybridized carbons (Fsp3) is 0.263. The standard InChI is InChI=1S/C19H19ClN2O2S/c1-12-10-13(2)17-16(11-12)25-19(22(17)8-9-24-3)21-18(23)14-6-4-5-7-15(14)20/h4-7,10-11H,8-9H2,1-3H3. The summed E-state index contributed by atoms with van der Waals surface area (Å²) >= 11 is 7.64. The Morgan fingerprint density at radius 3 is 2.76 bits per heavy atom. The SMILES string of the molecule is COCCn1c(=NC(=O)c2ccccc2Cl)sc2cc(C)cc(C)c21. The van der Waals surface area contributed by atoms with Gasteiger partial charge in [0, 0.05) is 13.7 Å². The molecule has 1 amide bonds. The van der Waals surface area contributed by atoms with Crippen LogP contribution in [0.5, 0.6) is 0 Å². The van der Waals surface area contributed by atoms with Crippen LogP contribution in [-0.4, -0.2) is 24.2 Å². The Labute approximate surface area is 155 Å². The van der Waals surface area contributed by atoms with E-state index in [0.717, 1.165) is 15.8 Å². The maximum absolute atomic E-state index is 12.6. The third-order valence-electron chi connectivity index (χ3n) is 3.93. The number of benzene rings is 2. The van der Waals surface area contributed by atoms with Crippen molar-refractivity contribution < 1.29 is 9.53 Å². The number of aryl methyl sites for hydroxylation is 2.